The Balaban J connectivity index is 2.50. The molecule has 4 nitrogen and oxygen atoms in total. The zero-order valence-electron chi connectivity index (χ0n) is 9.34. The van der Waals surface area contributed by atoms with Crippen LogP contribution in [-0.4, -0.2) is 29.9 Å². The first-order valence-corrected chi connectivity index (χ1v) is 5.26. The summed E-state index contributed by atoms with van der Waals surface area (Å²) in [7, 11) is 0. The van der Waals surface area contributed by atoms with Crippen LogP contribution >= 0.6 is 0 Å². The van der Waals surface area contributed by atoms with Crippen LogP contribution in [0.5, 0.6) is 0 Å². The summed E-state index contributed by atoms with van der Waals surface area (Å²) in [5.41, 5.74) is 1.83. The lowest BCUT2D eigenvalue weighted by Crippen LogP contribution is -2.47. The van der Waals surface area contributed by atoms with Gasteiger partial charge < -0.3 is 0 Å². The quantitative estimate of drug-likeness (QED) is 0.385. The maximum atomic E-state index is 11.5. The molecule has 14 heavy (non-hydrogen) atoms. The van der Waals surface area contributed by atoms with Gasteiger partial charge in [-0.05, 0) is 33.2 Å². The van der Waals surface area contributed by atoms with E-state index in [1.807, 2.05) is 13.8 Å². The third-order valence-electron chi connectivity index (χ3n) is 2.81. The summed E-state index contributed by atoms with van der Waals surface area (Å²) in [6.45, 7) is 7.79. The Kier molecular flexibility index (Phi) is 3.50. The third kappa shape index (κ3) is 2.69. The highest BCUT2D eigenvalue weighted by Gasteiger charge is 2.35. The fourth-order valence-electron chi connectivity index (χ4n) is 1.71. The molecule has 0 aromatic heterocycles. The van der Waals surface area contributed by atoms with E-state index in [9.17, 15) is 4.79 Å². The van der Waals surface area contributed by atoms with Crippen LogP contribution in [0, 0.1) is 5.41 Å². The molecule has 3 N–H and O–H groups in total. The van der Waals surface area contributed by atoms with Gasteiger partial charge in [-0.15, -0.1) is 0 Å². The fraction of sp³-hybridized carbons (Fsp3) is 0.900. The van der Waals surface area contributed by atoms with Crippen molar-refractivity contribution in [2.75, 3.05) is 13.1 Å². The van der Waals surface area contributed by atoms with Gasteiger partial charge in [-0.25, -0.2) is 5.84 Å². The SMILES string of the molecule is CCN(CC(C)(C)C(=O)NN)C1CC1. The molecular weight excluding hydrogens is 178 g/mol. The van der Waals surface area contributed by atoms with Crippen LogP contribution in [0.2, 0.25) is 0 Å². The number of nitrogens with zero attached hydrogens (tertiary/aromatic N) is 1. The molecule has 0 radical (unpaired) electrons. The normalized spacial score (nSPS) is 17.2. The molecule has 4 heteroatoms. The Labute approximate surface area is 85.8 Å². The van der Waals surface area contributed by atoms with Gasteiger partial charge >= 0.3 is 0 Å². The Bertz CT molecular complexity index is 211. The van der Waals surface area contributed by atoms with Crippen molar-refractivity contribution in [2.45, 2.75) is 39.7 Å². The van der Waals surface area contributed by atoms with Crippen LogP contribution in [0.15, 0.2) is 0 Å². The number of nitrogens with one attached hydrogen (secondary N) is 1. The summed E-state index contributed by atoms with van der Waals surface area (Å²) in [6.07, 6.45) is 2.54. The number of carbonyl (C=O) groups is 1. The molecule has 0 atom stereocenters. The van der Waals surface area contributed by atoms with Crippen LogP contribution in [-0.2, 0) is 4.79 Å². The lowest BCUT2D eigenvalue weighted by Gasteiger charge is -2.30. The van der Waals surface area contributed by atoms with Crippen LogP contribution in [0.25, 0.3) is 0 Å². The number of carbonyl (C=O) groups excluding carboxylic acids is 1. The number of hydrogen-bond donors (Lipinski definition) is 2. The van der Waals surface area contributed by atoms with Crippen molar-refractivity contribution >= 4 is 5.91 Å². The van der Waals surface area contributed by atoms with E-state index in [1.54, 1.807) is 0 Å². The highest BCUT2D eigenvalue weighted by molar-refractivity contribution is 5.81. The molecule has 0 bridgehead atoms. The van der Waals surface area contributed by atoms with Gasteiger partial charge in [0, 0.05) is 12.6 Å². The number of nitrogens with two attached hydrogens (primary N) is 1. The number of rotatable bonds is 5. The van der Waals surface area contributed by atoms with E-state index in [0.717, 1.165) is 13.1 Å². The first kappa shape index (κ1) is 11.5. The molecule has 0 unspecified atom stereocenters. The molecule has 0 spiro atoms. The molecule has 1 aliphatic rings. The van der Waals surface area contributed by atoms with E-state index in [1.165, 1.54) is 12.8 Å². The lowest BCUT2D eigenvalue weighted by molar-refractivity contribution is -0.130. The van der Waals surface area contributed by atoms with E-state index in [0.29, 0.717) is 6.04 Å². The van der Waals surface area contributed by atoms with Gasteiger partial charge in [-0.2, -0.15) is 0 Å². The van der Waals surface area contributed by atoms with Crippen molar-refractivity contribution in [1.82, 2.24) is 10.3 Å². The van der Waals surface area contributed by atoms with Crippen molar-refractivity contribution in [3.8, 4) is 0 Å². The highest BCUT2D eigenvalue weighted by Crippen LogP contribution is 2.29. The summed E-state index contributed by atoms with van der Waals surface area (Å²) < 4.78 is 0. The Morgan fingerprint density at radius 1 is 1.57 bits per heavy atom. The summed E-state index contributed by atoms with van der Waals surface area (Å²) in [5, 5.41) is 0. The largest absolute Gasteiger partial charge is 0.300 e. The first-order valence-electron chi connectivity index (χ1n) is 5.26. The number of amides is 1. The van der Waals surface area contributed by atoms with Crippen LogP contribution in [0.3, 0.4) is 0 Å². The van der Waals surface area contributed by atoms with E-state index in [4.69, 9.17) is 5.84 Å². The Morgan fingerprint density at radius 3 is 2.50 bits per heavy atom. The molecule has 1 aliphatic carbocycles. The van der Waals surface area contributed by atoms with Crippen molar-refractivity contribution in [1.29, 1.82) is 0 Å². The smallest absolute Gasteiger partial charge is 0.240 e. The van der Waals surface area contributed by atoms with E-state index >= 15 is 0 Å². The van der Waals surface area contributed by atoms with Crippen molar-refractivity contribution < 1.29 is 4.79 Å². The average molecular weight is 199 g/mol. The van der Waals surface area contributed by atoms with E-state index < -0.39 is 5.41 Å². The minimum absolute atomic E-state index is 0.0865. The Hall–Kier alpha value is -0.610. The molecule has 82 valence electrons. The molecule has 0 aromatic rings. The third-order valence-corrected chi connectivity index (χ3v) is 2.81. The maximum Gasteiger partial charge on any atom is 0.240 e. The monoisotopic (exact) mass is 199 g/mol. The number of hydrogen-bond acceptors (Lipinski definition) is 3. The highest BCUT2D eigenvalue weighted by atomic mass is 16.2. The maximum absolute atomic E-state index is 11.5. The Morgan fingerprint density at radius 2 is 2.14 bits per heavy atom. The summed E-state index contributed by atoms with van der Waals surface area (Å²) >= 11 is 0. The second-order valence-corrected chi connectivity index (χ2v) is 4.65. The molecule has 0 heterocycles. The molecule has 1 rings (SSSR count). The predicted octanol–water partition coefficient (Wildman–Crippen LogP) is 0.487. The molecular formula is C10H21N3O. The van der Waals surface area contributed by atoms with Crippen LogP contribution < -0.4 is 11.3 Å². The van der Waals surface area contributed by atoms with Gasteiger partial charge in [-0.3, -0.25) is 15.1 Å². The van der Waals surface area contributed by atoms with Gasteiger partial charge in [0.05, 0.1) is 5.41 Å². The summed E-state index contributed by atoms with van der Waals surface area (Å²) in [5.74, 6) is 5.06. The van der Waals surface area contributed by atoms with Gasteiger partial charge in [0.15, 0.2) is 0 Å². The van der Waals surface area contributed by atoms with Crippen LogP contribution in [0.1, 0.15) is 33.6 Å². The standard InChI is InChI=1S/C10H21N3O/c1-4-13(8-5-6-8)7-10(2,3)9(14)12-11/h8H,4-7,11H2,1-3H3,(H,12,14). The topological polar surface area (TPSA) is 58.4 Å². The van der Waals surface area contributed by atoms with E-state index in [2.05, 4.69) is 17.2 Å². The average Bonchev–Trinajstić information content (AvgIpc) is 2.96. The van der Waals surface area contributed by atoms with E-state index in [-0.39, 0.29) is 5.91 Å². The second-order valence-electron chi connectivity index (χ2n) is 4.65. The van der Waals surface area contributed by atoms with Crippen molar-refractivity contribution in [2.24, 2.45) is 11.3 Å². The minimum atomic E-state index is -0.395. The first-order chi connectivity index (χ1) is 6.51. The van der Waals surface area contributed by atoms with Gasteiger partial charge in [0.25, 0.3) is 0 Å². The number of hydrazine groups is 1. The molecule has 0 aliphatic heterocycles. The summed E-state index contributed by atoms with van der Waals surface area (Å²) in [4.78, 5) is 13.8. The zero-order chi connectivity index (χ0) is 10.8. The fourth-order valence-corrected chi connectivity index (χ4v) is 1.71. The van der Waals surface area contributed by atoms with Crippen molar-refractivity contribution in [3.05, 3.63) is 0 Å². The molecule has 0 aromatic carbocycles. The molecule has 0 saturated heterocycles. The minimum Gasteiger partial charge on any atom is -0.300 e. The van der Waals surface area contributed by atoms with Gasteiger partial charge in [0.2, 0.25) is 5.91 Å². The lowest BCUT2D eigenvalue weighted by atomic mass is 9.91. The zero-order valence-corrected chi connectivity index (χ0v) is 9.34. The van der Waals surface area contributed by atoms with Crippen molar-refractivity contribution in [3.63, 3.8) is 0 Å². The van der Waals surface area contributed by atoms with Gasteiger partial charge in [0.1, 0.15) is 0 Å². The second kappa shape index (κ2) is 4.28. The van der Waals surface area contributed by atoms with Crippen LogP contribution in [0.4, 0.5) is 0 Å². The predicted molar refractivity (Wildman–Crippen MR) is 56.4 cm³/mol. The van der Waals surface area contributed by atoms with Gasteiger partial charge in [-0.1, -0.05) is 6.92 Å². The molecule has 1 amide bonds. The molecule has 1 fully saturated rings. The summed E-state index contributed by atoms with van der Waals surface area (Å²) in [6, 6.07) is 0.699. The molecule has 1 saturated carbocycles.